The Morgan fingerprint density at radius 2 is 2.00 bits per heavy atom. The number of benzene rings is 1. The van der Waals surface area contributed by atoms with Gasteiger partial charge in [-0.3, -0.25) is 9.20 Å². The van der Waals surface area contributed by atoms with Crippen LogP contribution >= 0.6 is 34.8 Å². The molecule has 0 radical (unpaired) electrons. The molecule has 1 aromatic carbocycles. The van der Waals surface area contributed by atoms with Crippen LogP contribution in [0.15, 0.2) is 41.6 Å². The second kappa shape index (κ2) is 6.54. The number of carbonyl (C=O) groups excluding carboxylic acids is 1. The third-order valence-electron chi connectivity index (χ3n) is 2.92. The standard InChI is InChI=1S/C14H8Cl3N5O/c15-9-4-3-8(11(17)6-9)7-18-21-14(23)13-20-19-12-10(16)2-1-5-22(12)13/h1-7H,(H,21,23). The molecule has 2 heterocycles. The van der Waals surface area contributed by atoms with E-state index in [9.17, 15) is 4.79 Å². The lowest BCUT2D eigenvalue weighted by Crippen LogP contribution is -2.20. The van der Waals surface area contributed by atoms with Crippen LogP contribution in [0.4, 0.5) is 0 Å². The molecule has 0 atom stereocenters. The van der Waals surface area contributed by atoms with Crippen molar-refractivity contribution in [2.75, 3.05) is 0 Å². The lowest BCUT2D eigenvalue weighted by Gasteiger charge is -2.00. The molecule has 2 aromatic heterocycles. The van der Waals surface area contributed by atoms with Crippen molar-refractivity contribution in [3.63, 3.8) is 0 Å². The summed E-state index contributed by atoms with van der Waals surface area (Å²) in [5.41, 5.74) is 3.37. The predicted octanol–water partition coefficient (Wildman–Crippen LogP) is 3.45. The van der Waals surface area contributed by atoms with E-state index < -0.39 is 5.91 Å². The highest BCUT2D eigenvalue weighted by Gasteiger charge is 2.14. The fraction of sp³-hybridized carbons (Fsp3) is 0. The molecule has 0 saturated carbocycles. The van der Waals surface area contributed by atoms with Gasteiger partial charge in [-0.15, -0.1) is 10.2 Å². The van der Waals surface area contributed by atoms with Crippen molar-refractivity contribution in [3.05, 3.63) is 63.0 Å². The summed E-state index contributed by atoms with van der Waals surface area (Å²) in [5.74, 6) is -0.456. The van der Waals surface area contributed by atoms with Gasteiger partial charge in [0.2, 0.25) is 5.82 Å². The summed E-state index contributed by atoms with van der Waals surface area (Å²) in [5, 5.41) is 12.9. The Bertz CT molecular complexity index is 922. The summed E-state index contributed by atoms with van der Waals surface area (Å²) in [7, 11) is 0. The largest absolute Gasteiger partial charge is 0.309 e. The molecule has 6 nitrogen and oxygen atoms in total. The maximum absolute atomic E-state index is 12.1. The van der Waals surface area contributed by atoms with Gasteiger partial charge in [0.15, 0.2) is 5.65 Å². The number of hydrogen-bond acceptors (Lipinski definition) is 4. The van der Waals surface area contributed by atoms with E-state index in [0.29, 0.717) is 26.3 Å². The summed E-state index contributed by atoms with van der Waals surface area (Å²) in [6.45, 7) is 0. The molecular weight excluding hydrogens is 361 g/mol. The lowest BCUT2D eigenvalue weighted by atomic mass is 10.2. The van der Waals surface area contributed by atoms with Crippen LogP contribution in [0.1, 0.15) is 16.2 Å². The first kappa shape index (κ1) is 15.7. The van der Waals surface area contributed by atoms with Gasteiger partial charge < -0.3 is 0 Å². The highest BCUT2D eigenvalue weighted by molar-refractivity contribution is 6.36. The van der Waals surface area contributed by atoms with Crippen molar-refractivity contribution >= 4 is 52.6 Å². The van der Waals surface area contributed by atoms with E-state index in [1.54, 1.807) is 36.5 Å². The molecule has 0 bridgehead atoms. The lowest BCUT2D eigenvalue weighted by molar-refractivity contribution is 0.0943. The summed E-state index contributed by atoms with van der Waals surface area (Å²) in [4.78, 5) is 12.1. The van der Waals surface area contributed by atoms with Crippen LogP contribution < -0.4 is 5.43 Å². The van der Waals surface area contributed by atoms with Crippen LogP contribution in [0.5, 0.6) is 0 Å². The van der Waals surface area contributed by atoms with Crippen molar-refractivity contribution < 1.29 is 4.79 Å². The third-order valence-corrected chi connectivity index (χ3v) is 3.78. The number of amides is 1. The van der Waals surface area contributed by atoms with E-state index in [1.807, 2.05) is 0 Å². The molecule has 0 spiro atoms. The van der Waals surface area contributed by atoms with Crippen LogP contribution in [0.3, 0.4) is 0 Å². The number of halogens is 3. The van der Waals surface area contributed by atoms with Crippen molar-refractivity contribution in [1.82, 2.24) is 20.0 Å². The molecule has 0 fully saturated rings. The van der Waals surface area contributed by atoms with E-state index in [0.717, 1.165) is 0 Å². The van der Waals surface area contributed by atoms with Crippen molar-refractivity contribution in [1.29, 1.82) is 0 Å². The van der Waals surface area contributed by atoms with E-state index >= 15 is 0 Å². The van der Waals surface area contributed by atoms with Gasteiger partial charge in [0.1, 0.15) is 0 Å². The molecule has 1 amide bonds. The van der Waals surface area contributed by atoms with Gasteiger partial charge in [0.05, 0.1) is 16.3 Å². The second-order valence-corrected chi connectivity index (χ2v) is 5.69. The number of aromatic nitrogens is 3. The highest BCUT2D eigenvalue weighted by atomic mass is 35.5. The van der Waals surface area contributed by atoms with Crippen LogP contribution in [0, 0.1) is 0 Å². The fourth-order valence-electron chi connectivity index (χ4n) is 1.86. The number of hydrogen-bond donors (Lipinski definition) is 1. The smallest absolute Gasteiger partial charge is 0.277 e. The van der Waals surface area contributed by atoms with Crippen LogP contribution in [0.2, 0.25) is 15.1 Å². The Morgan fingerprint density at radius 3 is 2.78 bits per heavy atom. The molecule has 0 saturated heterocycles. The van der Waals surface area contributed by atoms with Crippen LogP contribution in [0.25, 0.3) is 5.65 Å². The summed E-state index contributed by atoms with van der Waals surface area (Å²) in [6, 6.07) is 8.29. The van der Waals surface area contributed by atoms with Gasteiger partial charge in [-0.1, -0.05) is 40.9 Å². The van der Waals surface area contributed by atoms with E-state index in [2.05, 4.69) is 20.7 Å². The Hall–Kier alpha value is -2.15. The molecule has 23 heavy (non-hydrogen) atoms. The zero-order chi connectivity index (χ0) is 16.4. The number of hydrazone groups is 1. The van der Waals surface area contributed by atoms with Gasteiger partial charge in [0.25, 0.3) is 0 Å². The van der Waals surface area contributed by atoms with Crippen LogP contribution in [-0.2, 0) is 0 Å². The molecule has 3 rings (SSSR count). The number of rotatable bonds is 3. The van der Waals surface area contributed by atoms with Gasteiger partial charge in [-0.25, -0.2) is 5.43 Å². The van der Waals surface area contributed by atoms with Gasteiger partial charge in [-0.2, -0.15) is 5.10 Å². The fourth-order valence-corrected chi connectivity index (χ4v) is 2.51. The molecule has 0 aliphatic carbocycles. The Labute approximate surface area is 145 Å². The average Bonchev–Trinajstić information content (AvgIpc) is 2.95. The maximum atomic E-state index is 12.1. The monoisotopic (exact) mass is 367 g/mol. The van der Waals surface area contributed by atoms with Crippen molar-refractivity contribution in [2.24, 2.45) is 5.10 Å². The summed E-state index contributed by atoms with van der Waals surface area (Å²) < 4.78 is 1.47. The topological polar surface area (TPSA) is 71.7 Å². The van der Waals surface area contributed by atoms with E-state index in [4.69, 9.17) is 34.8 Å². The minimum Gasteiger partial charge on any atom is -0.277 e. The molecule has 116 valence electrons. The first-order valence-electron chi connectivity index (χ1n) is 6.34. The van der Waals surface area contributed by atoms with E-state index in [1.165, 1.54) is 10.6 Å². The number of carbonyl (C=O) groups is 1. The van der Waals surface area contributed by atoms with Gasteiger partial charge in [-0.05, 0) is 24.3 Å². The second-order valence-electron chi connectivity index (χ2n) is 4.44. The normalized spacial score (nSPS) is 11.3. The first-order chi connectivity index (χ1) is 11.1. The molecular formula is C14H8Cl3N5O. The molecule has 0 unspecified atom stereocenters. The van der Waals surface area contributed by atoms with Gasteiger partial charge in [0, 0.05) is 16.8 Å². The summed E-state index contributed by atoms with van der Waals surface area (Å²) in [6.07, 6.45) is 3.04. The SMILES string of the molecule is O=C(NN=Cc1ccc(Cl)cc1Cl)c1nnc2c(Cl)cccn12. The Kier molecular flexibility index (Phi) is 4.47. The molecule has 1 N–H and O–H groups in total. The van der Waals surface area contributed by atoms with Crippen molar-refractivity contribution in [3.8, 4) is 0 Å². The zero-order valence-corrected chi connectivity index (χ0v) is 13.6. The average molecular weight is 369 g/mol. The zero-order valence-electron chi connectivity index (χ0n) is 11.4. The molecule has 0 aliphatic rings. The summed E-state index contributed by atoms with van der Waals surface area (Å²) >= 11 is 17.8. The Balaban J connectivity index is 1.78. The van der Waals surface area contributed by atoms with Crippen molar-refractivity contribution in [2.45, 2.75) is 0 Å². The highest BCUT2D eigenvalue weighted by Crippen LogP contribution is 2.19. The third kappa shape index (κ3) is 3.29. The number of pyridine rings is 1. The Morgan fingerprint density at radius 1 is 1.17 bits per heavy atom. The number of nitrogens with one attached hydrogen (secondary N) is 1. The quantitative estimate of drug-likeness (QED) is 0.568. The number of fused-ring (bicyclic) bond motifs is 1. The molecule has 3 aromatic rings. The minimum atomic E-state index is -0.527. The first-order valence-corrected chi connectivity index (χ1v) is 7.47. The molecule has 9 heteroatoms. The molecule has 0 aliphatic heterocycles. The van der Waals surface area contributed by atoms with Gasteiger partial charge >= 0.3 is 5.91 Å². The van der Waals surface area contributed by atoms with Crippen LogP contribution in [-0.4, -0.2) is 26.7 Å². The predicted molar refractivity (Wildman–Crippen MR) is 89.5 cm³/mol. The maximum Gasteiger partial charge on any atom is 0.309 e. The minimum absolute atomic E-state index is 0.0712. The number of nitrogens with zero attached hydrogens (tertiary/aromatic N) is 4. The van der Waals surface area contributed by atoms with E-state index in [-0.39, 0.29) is 5.82 Å².